The van der Waals surface area contributed by atoms with Gasteiger partial charge in [-0.3, -0.25) is 18.7 Å². The van der Waals surface area contributed by atoms with E-state index in [9.17, 15) is 26.4 Å². The highest BCUT2D eigenvalue weighted by atomic mass is 32.2. The van der Waals surface area contributed by atoms with Crippen molar-refractivity contribution in [2.45, 2.75) is 55.7 Å². The Balaban J connectivity index is 1.26. The number of amides is 2. The highest BCUT2D eigenvalue weighted by Crippen LogP contribution is 2.30. The third-order valence-corrected chi connectivity index (χ3v) is 8.52. The van der Waals surface area contributed by atoms with E-state index in [0.29, 0.717) is 35.6 Å². The molecule has 2 aliphatic heterocycles. The summed E-state index contributed by atoms with van der Waals surface area (Å²) < 4.78 is 63.2. The highest BCUT2D eigenvalue weighted by molar-refractivity contribution is 7.86. The second-order valence-corrected chi connectivity index (χ2v) is 12.3. The normalized spacial score (nSPS) is 20.0. The molecule has 0 aliphatic carbocycles. The lowest BCUT2D eigenvalue weighted by atomic mass is 9.93. The van der Waals surface area contributed by atoms with Crippen molar-refractivity contribution < 1.29 is 35.5 Å². The topological polar surface area (TPSA) is 174 Å². The van der Waals surface area contributed by atoms with Crippen molar-refractivity contribution in [3.05, 3.63) is 48.5 Å². The Bertz CT molecular complexity index is 1430. The summed E-state index contributed by atoms with van der Waals surface area (Å²) in [7, 11) is -8.66. The standard InChI is InChI=1S/C25H28N4O8S2/c1-16-22(24(30)28(26-16)18-8-12-20(13-9-18)38(32,33)34)6-4-3-5-7-23-17(2)27-29(25(23)31)19-10-14-21(15-11-19)39(35,36)37/h8-15,22-23H,3-7H2,1-2H3,(H,32,33,34)(H,35,36,37). The first kappa shape index (κ1) is 28.5. The van der Waals surface area contributed by atoms with Crippen LogP contribution in [0.15, 0.2) is 68.5 Å². The van der Waals surface area contributed by atoms with E-state index in [1.54, 1.807) is 13.8 Å². The van der Waals surface area contributed by atoms with Gasteiger partial charge < -0.3 is 0 Å². The molecule has 0 saturated carbocycles. The average Bonchev–Trinajstić information content (AvgIpc) is 3.32. The van der Waals surface area contributed by atoms with Gasteiger partial charge in [-0.15, -0.1) is 0 Å². The molecule has 0 saturated heterocycles. The molecule has 0 bridgehead atoms. The Morgan fingerprint density at radius 3 is 1.28 bits per heavy atom. The minimum atomic E-state index is -4.33. The second-order valence-electron chi connectivity index (χ2n) is 9.46. The van der Waals surface area contributed by atoms with Gasteiger partial charge in [-0.05, 0) is 75.2 Å². The minimum absolute atomic E-state index is 0.211. The molecule has 2 aliphatic rings. The van der Waals surface area contributed by atoms with Gasteiger partial charge in [0.1, 0.15) is 0 Å². The van der Waals surface area contributed by atoms with Crippen molar-refractivity contribution in [1.82, 2.24) is 0 Å². The monoisotopic (exact) mass is 576 g/mol. The smallest absolute Gasteiger partial charge is 0.282 e. The van der Waals surface area contributed by atoms with Gasteiger partial charge in [0.25, 0.3) is 32.1 Å². The van der Waals surface area contributed by atoms with Crippen LogP contribution in [-0.4, -0.2) is 49.2 Å². The van der Waals surface area contributed by atoms with Crippen LogP contribution in [0.3, 0.4) is 0 Å². The number of carbonyl (C=O) groups excluding carboxylic acids is 2. The summed E-state index contributed by atoms with van der Waals surface area (Å²) >= 11 is 0. The molecule has 0 aromatic heterocycles. The maximum atomic E-state index is 12.9. The quantitative estimate of drug-likeness (QED) is 0.319. The zero-order valence-electron chi connectivity index (χ0n) is 21.3. The summed E-state index contributed by atoms with van der Waals surface area (Å²) in [6, 6.07) is 10.5. The van der Waals surface area contributed by atoms with Crippen LogP contribution < -0.4 is 10.0 Å². The van der Waals surface area contributed by atoms with E-state index in [4.69, 9.17) is 9.11 Å². The number of hydrazone groups is 2. The fourth-order valence-corrected chi connectivity index (χ4v) is 5.59. The van der Waals surface area contributed by atoms with E-state index in [-0.39, 0.29) is 21.6 Å². The van der Waals surface area contributed by atoms with E-state index in [1.807, 2.05) is 0 Å². The number of benzene rings is 2. The summed E-state index contributed by atoms with van der Waals surface area (Å²) in [5.74, 6) is -1.22. The Morgan fingerprint density at radius 1 is 0.641 bits per heavy atom. The molecule has 0 fully saturated rings. The minimum Gasteiger partial charge on any atom is -0.282 e. The molecule has 2 unspecified atom stereocenters. The summed E-state index contributed by atoms with van der Waals surface area (Å²) in [6.07, 6.45) is 3.39. The average molecular weight is 577 g/mol. The van der Waals surface area contributed by atoms with Crippen LogP contribution >= 0.6 is 0 Å². The van der Waals surface area contributed by atoms with Gasteiger partial charge >= 0.3 is 0 Å². The zero-order valence-corrected chi connectivity index (χ0v) is 22.9. The number of rotatable bonds is 10. The molecule has 39 heavy (non-hydrogen) atoms. The number of hydrogen-bond acceptors (Lipinski definition) is 8. The number of unbranched alkanes of at least 4 members (excludes halogenated alkanes) is 2. The van der Waals surface area contributed by atoms with Crippen LogP contribution in [0.5, 0.6) is 0 Å². The molecular formula is C25H28N4O8S2. The molecule has 14 heteroatoms. The lowest BCUT2D eigenvalue weighted by molar-refractivity contribution is -0.120. The molecule has 4 rings (SSSR count). The molecule has 0 radical (unpaired) electrons. The summed E-state index contributed by atoms with van der Waals surface area (Å²) in [6.45, 7) is 3.53. The van der Waals surface area contributed by atoms with Gasteiger partial charge in [-0.2, -0.15) is 27.0 Å². The Morgan fingerprint density at radius 2 is 0.974 bits per heavy atom. The molecule has 2 heterocycles. The largest absolute Gasteiger partial charge is 0.294 e. The lowest BCUT2D eigenvalue weighted by Crippen LogP contribution is -2.27. The zero-order chi connectivity index (χ0) is 28.5. The molecule has 0 spiro atoms. The molecule has 12 nitrogen and oxygen atoms in total. The van der Waals surface area contributed by atoms with E-state index in [0.717, 1.165) is 19.3 Å². The summed E-state index contributed by atoms with van der Waals surface area (Å²) in [4.78, 5) is 25.3. The fraction of sp³-hybridized carbons (Fsp3) is 0.360. The molecule has 2 aromatic rings. The summed E-state index contributed by atoms with van der Waals surface area (Å²) in [5.41, 5.74) is 2.12. The van der Waals surface area contributed by atoms with Crippen LogP contribution in [0.25, 0.3) is 0 Å². The molecular weight excluding hydrogens is 548 g/mol. The van der Waals surface area contributed by atoms with Crippen molar-refractivity contribution in [2.75, 3.05) is 10.0 Å². The van der Waals surface area contributed by atoms with Gasteiger partial charge in [-0.25, -0.2) is 10.0 Å². The number of carbonyl (C=O) groups is 2. The first-order valence-electron chi connectivity index (χ1n) is 12.2. The number of nitrogens with zero attached hydrogens (tertiary/aromatic N) is 4. The molecule has 208 valence electrons. The van der Waals surface area contributed by atoms with E-state index in [1.165, 1.54) is 58.5 Å². The molecule has 2 atom stereocenters. The molecule has 2 N–H and O–H groups in total. The predicted molar refractivity (Wildman–Crippen MR) is 144 cm³/mol. The van der Waals surface area contributed by atoms with Crippen molar-refractivity contribution in [1.29, 1.82) is 0 Å². The first-order chi connectivity index (χ1) is 18.3. The van der Waals surface area contributed by atoms with E-state index in [2.05, 4.69) is 10.2 Å². The lowest BCUT2D eigenvalue weighted by Gasteiger charge is -2.15. The molecule has 2 aromatic carbocycles. The van der Waals surface area contributed by atoms with Gasteiger partial charge in [0.15, 0.2) is 0 Å². The third kappa shape index (κ3) is 6.24. The summed E-state index contributed by atoms with van der Waals surface area (Å²) in [5, 5.41) is 11.1. The van der Waals surface area contributed by atoms with Crippen molar-refractivity contribution in [3.63, 3.8) is 0 Å². The molecule has 2 amide bonds. The Hall–Kier alpha value is -3.46. The maximum Gasteiger partial charge on any atom is 0.294 e. The van der Waals surface area contributed by atoms with Crippen molar-refractivity contribution >= 4 is 54.8 Å². The van der Waals surface area contributed by atoms with Crippen LogP contribution in [-0.2, 0) is 29.8 Å². The second kappa shape index (κ2) is 11.0. The van der Waals surface area contributed by atoms with E-state index < -0.39 is 32.1 Å². The SMILES string of the molecule is CC1=NN(c2ccc(S(=O)(=O)O)cc2)C(=O)C1CCCCCC1C(=O)N(c2ccc(S(=O)(=O)O)cc2)N=C1C. The van der Waals surface area contributed by atoms with Crippen LogP contribution in [0.4, 0.5) is 11.4 Å². The third-order valence-electron chi connectivity index (χ3n) is 6.78. The van der Waals surface area contributed by atoms with E-state index >= 15 is 0 Å². The van der Waals surface area contributed by atoms with Crippen molar-refractivity contribution in [2.24, 2.45) is 22.0 Å². The first-order valence-corrected chi connectivity index (χ1v) is 15.1. The highest BCUT2D eigenvalue weighted by Gasteiger charge is 2.35. The maximum absolute atomic E-state index is 12.9. The van der Waals surface area contributed by atoms with Crippen molar-refractivity contribution in [3.8, 4) is 0 Å². The predicted octanol–water partition coefficient (Wildman–Crippen LogP) is 3.51. The van der Waals surface area contributed by atoms with Crippen LogP contribution in [0.2, 0.25) is 0 Å². The van der Waals surface area contributed by atoms with Gasteiger partial charge in [0.05, 0.1) is 33.0 Å². The van der Waals surface area contributed by atoms with Gasteiger partial charge in [-0.1, -0.05) is 19.3 Å². The van der Waals surface area contributed by atoms with Crippen LogP contribution in [0, 0.1) is 11.8 Å². The van der Waals surface area contributed by atoms with Gasteiger partial charge in [0.2, 0.25) is 0 Å². The Kier molecular flexibility index (Phi) is 8.02. The van der Waals surface area contributed by atoms with Crippen LogP contribution in [0.1, 0.15) is 46.0 Å². The number of hydrogen-bond donors (Lipinski definition) is 2. The number of anilines is 2. The Labute approximate surface area is 226 Å². The van der Waals surface area contributed by atoms with Gasteiger partial charge in [0, 0.05) is 11.4 Å². The fourth-order valence-electron chi connectivity index (χ4n) is 4.63.